The van der Waals surface area contributed by atoms with Gasteiger partial charge in [0.2, 0.25) is 5.91 Å². The number of unbranched alkanes of at least 4 members (excludes halogenated alkanes) is 1. The van der Waals surface area contributed by atoms with Gasteiger partial charge in [-0.1, -0.05) is 38.5 Å². The van der Waals surface area contributed by atoms with E-state index in [1.165, 1.54) is 11.8 Å². The van der Waals surface area contributed by atoms with E-state index in [1.54, 1.807) is 34.9 Å². The highest BCUT2D eigenvalue weighted by Crippen LogP contribution is 2.32. The number of nitrogens with one attached hydrogen (secondary N) is 1. The Balaban J connectivity index is 1.58. The zero-order valence-electron chi connectivity index (χ0n) is 17.3. The number of amides is 1. The van der Waals surface area contributed by atoms with Gasteiger partial charge >= 0.3 is 5.97 Å². The molecule has 1 aromatic heterocycles. The average molecular weight is 430 g/mol. The molecule has 1 atom stereocenters. The van der Waals surface area contributed by atoms with E-state index in [9.17, 15) is 14.4 Å². The second-order valence-electron chi connectivity index (χ2n) is 7.27. The standard InChI is InChI=1S/C22H27N3O4S/c1-3-5-11-29-21(28)15-7-9-16(10-8-15)23-19(26)13-18-14-30-22-24-17(6-4-2)12-20(27)25(18)22/h7-10,12,18H,3-6,11,13-14H2,1-2H3,(H,23,26). The lowest BCUT2D eigenvalue weighted by atomic mass is 10.2. The zero-order valence-corrected chi connectivity index (χ0v) is 18.2. The molecule has 0 fully saturated rings. The number of rotatable bonds is 9. The lowest BCUT2D eigenvalue weighted by Crippen LogP contribution is -2.27. The normalized spacial score (nSPS) is 14.9. The quantitative estimate of drug-likeness (QED) is 0.370. The number of anilines is 1. The number of benzene rings is 1. The molecular weight excluding hydrogens is 402 g/mol. The van der Waals surface area contributed by atoms with Crippen LogP contribution < -0.4 is 10.9 Å². The molecule has 0 spiro atoms. The number of ether oxygens (including phenoxy) is 1. The van der Waals surface area contributed by atoms with Crippen LogP contribution in [-0.2, 0) is 16.0 Å². The number of thioether (sulfide) groups is 1. The first-order valence-electron chi connectivity index (χ1n) is 10.3. The summed E-state index contributed by atoms with van der Waals surface area (Å²) in [5, 5.41) is 3.52. The Bertz CT molecular complexity index is 956. The van der Waals surface area contributed by atoms with Gasteiger partial charge in [0.25, 0.3) is 5.56 Å². The van der Waals surface area contributed by atoms with E-state index in [1.807, 2.05) is 6.92 Å². The molecule has 3 rings (SSSR count). The number of aromatic nitrogens is 2. The summed E-state index contributed by atoms with van der Waals surface area (Å²) in [5.74, 6) is 0.0971. The first-order valence-corrected chi connectivity index (χ1v) is 11.3. The van der Waals surface area contributed by atoms with Crippen LogP contribution in [0.4, 0.5) is 5.69 Å². The van der Waals surface area contributed by atoms with E-state index in [0.717, 1.165) is 31.4 Å². The Hall–Kier alpha value is -2.61. The molecule has 0 aliphatic carbocycles. The van der Waals surface area contributed by atoms with Gasteiger partial charge in [0.15, 0.2) is 5.16 Å². The third kappa shape index (κ3) is 5.50. The Kier molecular flexibility index (Phi) is 7.68. The molecular formula is C22H27N3O4S. The van der Waals surface area contributed by atoms with Crippen LogP contribution in [0, 0.1) is 0 Å². The van der Waals surface area contributed by atoms with Crippen LogP contribution in [0.2, 0.25) is 0 Å². The molecule has 1 amide bonds. The maximum absolute atomic E-state index is 12.5. The van der Waals surface area contributed by atoms with Crippen molar-refractivity contribution in [3.8, 4) is 0 Å². The fourth-order valence-electron chi connectivity index (χ4n) is 3.24. The predicted molar refractivity (Wildman–Crippen MR) is 117 cm³/mol. The topological polar surface area (TPSA) is 90.3 Å². The third-order valence-corrected chi connectivity index (χ3v) is 5.90. The van der Waals surface area contributed by atoms with Crippen molar-refractivity contribution in [2.75, 3.05) is 17.7 Å². The Morgan fingerprint density at radius 1 is 1.23 bits per heavy atom. The van der Waals surface area contributed by atoms with Crippen molar-refractivity contribution in [2.45, 2.75) is 57.1 Å². The minimum absolute atomic E-state index is 0.0998. The Labute approximate surface area is 180 Å². The summed E-state index contributed by atoms with van der Waals surface area (Å²) in [5.41, 5.74) is 1.75. The molecule has 1 aromatic carbocycles. The van der Waals surface area contributed by atoms with Crippen molar-refractivity contribution in [3.63, 3.8) is 0 Å². The van der Waals surface area contributed by atoms with Gasteiger partial charge in [0, 0.05) is 29.6 Å². The molecule has 8 heteroatoms. The van der Waals surface area contributed by atoms with Crippen LogP contribution >= 0.6 is 11.8 Å². The maximum Gasteiger partial charge on any atom is 0.338 e. The van der Waals surface area contributed by atoms with Gasteiger partial charge in [-0.2, -0.15) is 0 Å². The van der Waals surface area contributed by atoms with Crippen LogP contribution in [0.15, 0.2) is 40.3 Å². The monoisotopic (exact) mass is 429 g/mol. The van der Waals surface area contributed by atoms with Gasteiger partial charge < -0.3 is 10.1 Å². The third-order valence-electron chi connectivity index (χ3n) is 4.81. The van der Waals surface area contributed by atoms with Gasteiger partial charge in [-0.25, -0.2) is 9.78 Å². The fourth-order valence-corrected chi connectivity index (χ4v) is 4.41. The molecule has 1 N–H and O–H groups in total. The van der Waals surface area contributed by atoms with E-state index in [0.29, 0.717) is 28.8 Å². The molecule has 30 heavy (non-hydrogen) atoms. The largest absolute Gasteiger partial charge is 0.462 e. The zero-order chi connectivity index (χ0) is 21.5. The van der Waals surface area contributed by atoms with E-state index >= 15 is 0 Å². The van der Waals surface area contributed by atoms with Crippen LogP contribution in [0.25, 0.3) is 0 Å². The van der Waals surface area contributed by atoms with Crippen LogP contribution in [-0.4, -0.2) is 33.8 Å². The molecule has 0 radical (unpaired) electrons. The summed E-state index contributed by atoms with van der Waals surface area (Å²) in [4.78, 5) is 41.5. The van der Waals surface area contributed by atoms with E-state index < -0.39 is 0 Å². The number of carbonyl (C=O) groups is 2. The van der Waals surface area contributed by atoms with Crippen molar-refractivity contribution in [2.24, 2.45) is 0 Å². The summed E-state index contributed by atoms with van der Waals surface area (Å²) >= 11 is 1.51. The molecule has 0 bridgehead atoms. The Morgan fingerprint density at radius 3 is 2.70 bits per heavy atom. The summed E-state index contributed by atoms with van der Waals surface area (Å²) in [6.45, 7) is 4.49. The van der Waals surface area contributed by atoms with Gasteiger partial charge in [-0.05, 0) is 37.1 Å². The fraction of sp³-hybridized carbons (Fsp3) is 0.455. The van der Waals surface area contributed by atoms with Crippen LogP contribution in [0.5, 0.6) is 0 Å². The number of hydrogen-bond donors (Lipinski definition) is 1. The van der Waals surface area contributed by atoms with Crippen molar-refractivity contribution >= 4 is 29.3 Å². The minimum Gasteiger partial charge on any atom is -0.462 e. The summed E-state index contributed by atoms with van der Waals surface area (Å²) < 4.78 is 6.80. The lowest BCUT2D eigenvalue weighted by Gasteiger charge is -2.14. The minimum atomic E-state index is -0.366. The highest BCUT2D eigenvalue weighted by Gasteiger charge is 2.27. The Morgan fingerprint density at radius 2 is 2.00 bits per heavy atom. The summed E-state index contributed by atoms with van der Waals surface area (Å²) in [6, 6.07) is 7.98. The molecule has 1 unspecified atom stereocenters. The summed E-state index contributed by atoms with van der Waals surface area (Å²) in [7, 11) is 0. The van der Waals surface area contributed by atoms with Gasteiger partial charge in [-0.15, -0.1) is 0 Å². The van der Waals surface area contributed by atoms with Gasteiger partial charge in [-0.3, -0.25) is 14.2 Å². The van der Waals surface area contributed by atoms with Crippen molar-refractivity contribution in [3.05, 3.63) is 51.9 Å². The number of carbonyl (C=O) groups excluding carboxylic acids is 2. The molecule has 7 nitrogen and oxygen atoms in total. The lowest BCUT2D eigenvalue weighted by molar-refractivity contribution is -0.116. The molecule has 2 aromatic rings. The highest BCUT2D eigenvalue weighted by atomic mass is 32.2. The van der Waals surface area contributed by atoms with E-state index in [4.69, 9.17) is 4.74 Å². The molecule has 0 saturated carbocycles. The first kappa shape index (κ1) is 22.1. The number of esters is 1. The van der Waals surface area contributed by atoms with Crippen LogP contribution in [0.3, 0.4) is 0 Å². The number of nitrogens with zero attached hydrogens (tertiary/aromatic N) is 2. The van der Waals surface area contributed by atoms with Gasteiger partial charge in [0.1, 0.15) is 0 Å². The van der Waals surface area contributed by atoms with Crippen molar-refractivity contribution in [1.82, 2.24) is 9.55 Å². The summed E-state index contributed by atoms with van der Waals surface area (Å²) in [6.07, 6.45) is 3.69. The van der Waals surface area contributed by atoms with Crippen molar-refractivity contribution in [1.29, 1.82) is 0 Å². The van der Waals surface area contributed by atoms with Gasteiger partial charge in [0.05, 0.1) is 18.2 Å². The highest BCUT2D eigenvalue weighted by molar-refractivity contribution is 7.99. The smallest absolute Gasteiger partial charge is 0.338 e. The molecule has 1 aliphatic heterocycles. The second kappa shape index (κ2) is 10.4. The number of fused-ring (bicyclic) bond motifs is 1. The average Bonchev–Trinajstić information content (AvgIpc) is 3.12. The first-order chi connectivity index (χ1) is 14.5. The molecule has 2 heterocycles. The van der Waals surface area contributed by atoms with E-state index in [2.05, 4.69) is 17.2 Å². The second-order valence-corrected chi connectivity index (χ2v) is 8.26. The van der Waals surface area contributed by atoms with Crippen molar-refractivity contribution < 1.29 is 14.3 Å². The number of hydrogen-bond acceptors (Lipinski definition) is 6. The predicted octanol–water partition coefficient (Wildman–Crippen LogP) is 3.83. The maximum atomic E-state index is 12.5. The molecule has 0 saturated heterocycles. The SMILES string of the molecule is CCCCOC(=O)c1ccc(NC(=O)CC2CSc3nc(CCC)cc(=O)n32)cc1. The molecule has 1 aliphatic rings. The number of aryl methyl sites for hydroxylation is 1. The molecule has 160 valence electrons. The van der Waals surface area contributed by atoms with E-state index in [-0.39, 0.29) is 29.9 Å². The van der Waals surface area contributed by atoms with Crippen LogP contribution in [0.1, 0.15) is 61.6 Å².